The molecule has 8 heteroatoms. The SMILES string of the molecule is COc1ccc(C=c2sc3n(c2=O)C(c2ccccc2Cl)C2=C(CC(C)(C)CC2=O)N=3)cc1OC. The zero-order valence-corrected chi connectivity index (χ0v) is 21.5. The van der Waals surface area contributed by atoms with Crippen LogP contribution in [0.1, 0.15) is 43.9 Å². The number of carbonyl (C=O) groups excluding carboxylic acids is 1. The van der Waals surface area contributed by atoms with Crippen LogP contribution in [0.4, 0.5) is 0 Å². The van der Waals surface area contributed by atoms with Crippen molar-refractivity contribution in [2.75, 3.05) is 14.2 Å². The molecule has 0 bridgehead atoms. The quantitative estimate of drug-likeness (QED) is 0.527. The molecule has 5 rings (SSSR count). The van der Waals surface area contributed by atoms with Gasteiger partial charge in [0.15, 0.2) is 22.1 Å². The number of methoxy groups -OCH3 is 2. The molecule has 2 aliphatic rings. The van der Waals surface area contributed by atoms with Crippen molar-refractivity contribution in [1.29, 1.82) is 0 Å². The molecule has 1 unspecified atom stereocenters. The Labute approximate surface area is 211 Å². The maximum Gasteiger partial charge on any atom is 0.271 e. The Bertz CT molecular complexity index is 1560. The highest BCUT2D eigenvalue weighted by Gasteiger charge is 2.41. The van der Waals surface area contributed by atoms with Crippen molar-refractivity contribution < 1.29 is 14.3 Å². The van der Waals surface area contributed by atoms with Crippen LogP contribution in [0.25, 0.3) is 6.08 Å². The number of Topliss-reactive ketones (excluding diaryl/α,β-unsaturated/α-hetero) is 1. The van der Waals surface area contributed by atoms with Crippen LogP contribution in [0.3, 0.4) is 0 Å². The molecule has 6 nitrogen and oxygen atoms in total. The van der Waals surface area contributed by atoms with Crippen molar-refractivity contribution in [1.82, 2.24) is 4.57 Å². The lowest BCUT2D eigenvalue weighted by Crippen LogP contribution is -2.42. The third-order valence-electron chi connectivity index (χ3n) is 6.40. The Morgan fingerprint density at radius 1 is 1.09 bits per heavy atom. The highest BCUT2D eigenvalue weighted by Crippen LogP contribution is 2.44. The summed E-state index contributed by atoms with van der Waals surface area (Å²) in [6.45, 7) is 4.14. The molecule has 180 valence electrons. The van der Waals surface area contributed by atoms with E-state index in [1.807, 2.05) is 36.4 Å². The van der Waals surface area contributed by atoms with Crippen LogP contribution in [-0.2, 0) is 4.79 Å². The van der Waals surface area contributed by atoms with E-state index in [1.54, 1.807) is 30.9 Å². The maximum absolute atomic E-state index is 13.7. The summed E-state index contributed by atoms with van der Waals surface area (Å²) in [5.41, 5.74) is 2.43. The number of hydrogen-bond donors (Lipinski definition) is 0. The van der Waals surface area contributed by atoms with Gasteiger partial charge in [-0.25, -0.2) is 4.99 Å². The molecule has 1 aliphatic carbocycles. The number of halogens is 1. The molecule has 0 N–H and O–H groups in total. The monoisotopic (exact) mass is 508 g/mol. The van der Waals surface area contributed by atoms with Gasteiger partial charge in [0, 0.05) is 17.0 Å². The van der Waals surface area contributed by atoms with Crippen LogP contribution in [0.15, 0.2) is 63.5 Å². The van der Waals surface area contributed by atoms with Crippen molar-refractivity contribution in [2.45, 2.75) is 32.7 Å². The Morgan fingerprint density at radius 3 is 2.54 bits per heavy atom. The largest absolute Gasteiger partial charge is 0.493 e. The van der Waals surface area contributed by atoms with Gasteiger partial charge in [-0.15, -0.1) is 0 Å². The van der Waals surface area contributed by atoms with E-state index < -0.39 is 6.04 Å². The van der Waals surface area contributed by atoms with Crippen molar-refractivity contribution in [2.24, 2.45) is 10.4 Å². The topological polar surface area (TPSA) is 69.9 Å². The summed E-state index contributed by atoms with van der Waals surface area (Å²) in [6, 6.07) is 12.3. The number of fused-ring (bicyclic) bond motifs is 1. The van der Waals surface area contributed by atoms with Gasteiger partial charge in [0.2, 0.25) is 0 Å². The molecule has 0 fully saturated rings. The van der Waals surface area contributed by atoms with Gasteiger partial charge in [0.25, 0.3) is 5.56 Å². The summed E-state index contributed by atoms with van der Waals surface area (Å²) in [5.74, 6) is 1.20. The minimum absolute atomic E-state index is 0.0130. The van der Waals surface area contributed by atoms with E-state index in [-0.39, 0.29) is 16.8 Å². The van der Waals surface area contributed by atoms with Crippen LogP contribution in [0.2, 0.25) is 5.02 Å². The van der Waals surface area contributed by atoms with Gasteiger partial charge in [-0.3, -0.25) is 14.2 Å². The van der Waals surface area contributed by atoms with Gasteiger partial charge in [-0.05, 0) is 47.2 Å². The van der Waals surface area contributed by atoms with Gasteiger partial charge in [0.1, 0.15) is 0 Å². The minimum atomic E-state index is -0.605. The van der Waals surface area contributed by atoms with E-state index in [4.69, 9.17) is 26.1 Å². The van der Waals surface area contributed by atoms with E-state index in [1.165, 1.54) is 11.3 Å². The fourth-order valence-electron chi connectivity index (χ4n) is 4.83. The number of ketones is 1. The number of thiazole rings is 1. The summed E-state index contributed by atoms with van der Waals surface area (Å²) in [6.07, 6.45) is 2.88. The molecule has 3 aromatic rings. The van der Waals surface area contributed by atoms with Gasteiger partial charge < -0.3 is 9.47 Å². The second kappa shape index (κ2) is 8.81. The lowest BCUT2D eigenvalue weighted by atomic mass is 9.73. The molecule has 0 saturated heterocycles. The molecular formula is C27H25ClN2O4S. The number of aromatic nitrogens is 1. The molecule has 2 heterocycles. The first kappa shape index (κ1) is 23.6. The highest BCUT2D eigenvalue weighted by molar-refractivity contribution is 7.07. The molecule has 1 aromatic heterocycles. The average Bonchev–Trinajstić information content (AvgIpc) is 3.11. The van der Waals surface area contributed by atoms with Crippen molar-refractivity contribution in [3.63, 3.8) is 0 Å². The summed E-state index contributed by atoms with van der Waals surface area (Å²) in [7, 11) is 3.15. The number of carbonyl (C=O) groups is 1. The Balaban J connectivity index is 1.75. The zero-order chi connectivity index (χ0) is 24.9. The standard InChI is InChI=1S/C27H25ClN2O4S/c1-27(2)13-18-23(19(31)14-27)24(16-7-5-6-8-17(16)28)30-25(32)22(35-26(30)29-18)12-15-9-10-20(33-3)21(11-15)34-4/h5-12,24H,13-14H2,1-4H3. The summed E-state index contributed by atoms with van der Waals surface area (Å²) < 4.78 is 12.9. The van der Waals surface area contributed by atoms with Gasteiger partial charge in [-0.2, -0.15) is 0 Å². The number of rotatable bonds is 4. The first-order chi connectivity index (χ1) is 16.7. The molecule has 0 amide bonds. The Morgan fingerprint density at radius 2 is 1.83 bits per heavy atom. The van der Waals surface area contributed by atoms with Crippen molar-refractivity contribution in [3.05, 3.63) is 89.6 Å². The van der Waals surface area contributed by atoms with Crippen molar-refractivity contribution >= 4 is 34.8 Å². The van der Waals surface area contributed by atoms with Crippen LogP contribution >= 0.6 is 22.9 Å². The fraction of sp³-hybridized carbons (Fsp3) is 0.296. The average molecular weight is 509 g/mol. The van der Waals surface area contributed by atoms with E-state index in [0.29, 0.717) is 44.3 Å². The van der Waals surface area contributed by atoms with E-state index in [9.17, 15) is 9.59 Å². The fourth-order valence-corrected chi connectivity index (χ4v) is 6.09. The van der Waals surface area contributed by atoms with Crippen LogP contribution in [0, 0.1) is 5.41 Å². The number of nitrogens with zero attached hydrogens (tertiary/aromatic N) is 2. The van der Waals surface area contributed by atoms with E-state index >= 15 is 0 Å². The van der Waals surface area contributed by atoms with E-state index in [0.717, 1.165) is 16.8 Å². The van der Waals surface area contributed by atoms with Crippen LogP contribution in [-0.4, -0.2) is 24.6 Å². The molecule has 2 aromatic carbocycles. The second-order valence-electron chi connectivity index (χ2n) is 9.52. The van der Waals surface area contributed by atoms with Gasteiger partial charge >= 0.3 is 0 Å². The first-order valence-electron chi connectivity index (χ1n) is 11.3. The van der Waals surface area contributed by atoms with Crippen molar-refractivity contribution in [3.8, 4) is 11.5 Å². The normalized spacial score (nSPS) is 19.2. The summed E-state index contributed by atoms with van der Waals surface area (Å²) >= 11 is 7.91. The lowest BCUT2D eigenvalue weighted by Gasteiger charge is -2.35. The smallest absolute Gasteiger partial charge is 0.271 e. The molecule has 0 saturated carbocycles. The molecule has 0 spiro atoms. The molecular weight excluding hydrogens is 484 g/mol. The Hall–Kier alpha value is -3.16. The van der Waals surface area contributed by atoms with Gasteiger partial charge in [0.05, 0.1) is 30.5 Å². The number of allylic oxidation sites excluding steroid dienone is 2. The highest BCUT2D eigenvalue weighted by atomic mass is 35.5. The number of hydrogen-bond acceptors (Lipinski definition) is 6. The minimum Gasteiger partial charge on any atom is -0.493 e. The lowest BCUT2D eigenvalue weighted by molar-refractivity contribution is -0.118. The van der Waals surface area contributed by atoms with Crippen LogP contribution < -0.4 is 24.4 Å². The molecule has 1 atom stereocenters. The predicted molar refractivity (Wildman–Crippen MR) is 137 cm³/mol. The summed E-state index contributed by atoms with van der Waals surface area (Å²) in [5, 5.41) is 0.512. The predicted octanol–water partition coefficient (Wildman–Crippen LogP) is 4.28. The zero-order valence-electron chi connectivity index (χ0n) is 19.9. The number of ether oxygens (including phenoxy) is 2. The second-order valence-corrected chi connectivity index (χ2v) is 10.9. The third-order valence-corrected chi connectivity index (χ3v) is 7.73. The first-order valence-corrected chi connectivity index (χ1v) is 12.5. The van der Waals surface area contributed by atoms with Gasteiger partial charge in [-0.1, -0.05) is 61.1 Å². The molecule has 35 heavy (non-hydrogen) atoms. The van der Waals surface area contributed by atoms with Crippen LogP contribution in [0.5, 0.6) is 11.5 Å². The maximum atomic E-state index is 13.7. The molecule has 1 aliphatic heterocycles. The third kappa shape index (κ3) is 4.13. The number of benzene rings is 2. The summed E-state index contributed by atoms with van der Waals surface area (Å²) in [4.78, 5) is 32.5. The van der Waals surface area contributed by atoms with E-state index in [2.05, 4.69) is 13.8 Å². The Kier molecular flexibility index (Phi) is 5.93. The molecule has 0 radical (unpaired) electrons.